The zero-order valence-corrected chi connectivity index (χ0v) is 14.5. The molecule has 134 valence electrons. The zero-order valence-electron chi connectivity index (χ0n) is 12.8. The molecule has 1 aromatic rings. The number of benzene rings is 1. The number of carbonyl (C=O) groups is 1. The van der Waals surface area contributed by atoms with Crippen LogP contribution >= 0.6 is 0 Å². The van der Waals surface area contributed by atoms with Crippen LogP contribution in [0.15, 0.2) is 34.1 Å². The minimum atomic E-state index is -4.75. The molecule has 0 aliphatic carbocycles. The first-order chi connectivity index (χ1) is 11.1. The molecule has 0 amide bonds. The lowest BCUT2D eigenvalue weighted by Crippen LogP contribution is -2.46. The number of aldehydes is 1. The van der Waals surface area contributed by atoms with Crippen LogP contribution in [-0.4, -0.2) is 53.2 Å². The van der Waals surface area contributed by atoms with E-state index in [1.165, 1.54) is 19.2 Å². The molecule has 0 aromatic heterocycles. The summed E-state index contributed by atoms with van der Waals surface area (Å²) in [6.07, 6.45) is -1.05. The average molecular weight is 379 g/mol. The highest BCUT2D eigenvalue weighted by atomic mass is 32.2. The number of hydrogen-bond acceptors (Lipinski definition) is 7. The summed E-state index contributed by atoms with van der Waals surface area (Å²) in [6, 6.07) is 3.53. The van der Waals surface area contributed by atoms with Crippen molar-refractivity contribution in [1.82, 2.24) is 4.72 Å². The van der Waals surface area contributed by atoms with E-state index in [4.69, 9.17) is 9.47 Å². The largest absolute Gasteiger partial charge is 0.354 e. The van der Waals surface area contributed by atoms with Crippen molar-refractivity contribution >= 4 is 26.4 Å². The summed E-state index contributed by atoms with van der Waals surface area (Å²) in [5, 5.41) is 0. The van der Waals surface area contributed by atoms with Gasteiger partial charge in [-0.3, -0.25) is 4.55 Å². The third-order valence-electron chi connectivity index (χ3n) is 3.70. The molecule has 1 heterocycles. The van der Waals surface area contributed by atoms with Crippen LogP contribution in [0.1, 0.15) is 6.92 Å². The standard InChI is InChI=1S/C13H17NO8S2/c1-8-9(7-15)12(13(21-2)22-8)14-23(16,17)10-5-3-4-6-11(10)24(18,19)20/h3-9,12-14H,1-2H3,(H,18,19,20)/t8-,9+,12-,13+/m1/s1. The van der Waals surface area contributed by atoms with Crippen molar-refractivity contribution in [3.8, 4) is 0 Å². The predicted octanol–water partition coefficient (Wildman–Crippen LogP) is -0.213. The zero-order chi connectivity index (χ0) is 18.1. The van der Waals surface area contributed by atoms with Crippen molar-refractivity contribution in [2.45, 2.75) is 35.2 Å². The van der Waals surface area contributed by atoms with E-state index in [2.05, 4.69) is 4.72 Å². The van der Waals surface area contributed by atoms with Gasteiger partial charge >= 0.3 is 0 Å². The Morgan fingerprint density at radius 1 is 1.21 bits per heavy atom. The van der Waals surface area contributed by atoms with Crippen molar-refractivity contribution in [1.29, 1.82) is 0 Å². The lowest BCUT2D eigenvalue weighted by molar-refractivity contribution is -0.119. The minimum Gasteiger partial charge on any atom is -0.354 e. The smallest absolute Gasteiger partial charge is 0.295 e. The third kappa shape index (κ3) is 3.66. The van der Waals surface area contributed by atoms with Gasteiger partial charge in [-0.05, 0) is 19.1 Å². The summed E-state index contributed by atoms with van der Waals surface area (Å²) >= 11 is 0. The normalized spacial score (nSPS) is 28.0. The van der Waals surface area contributed by atoms with Gasteiger partial charge in [0.25, 0.3) is 10.1 Å². The number of nitrogens with one attached hydrogen (secondary N) is 1. The Kier molecular flexibility index (Phi) is 5.42. The highest BCUT2D eigenvalue weighted by Crippen LogP contribution is 2.28. The third-order valence-corrected chi connectivity index (χ3v) is 6.25. The maximum absolute atomic E-state index is 12.6. The Morgan fingerprint density at radius 3 is 2.29 bits per heavy atom. The molecule has 0 saturated carbocycles. The second-order valence-electron chi connectivity index (χ2n) is 5.23. The summed E-state index contributed by atoms with van der Waals surface area (Å²) in [6.45, 7) is 1.59. The van der Waals surface area contributed by atoms with E-state index in [0.29, 0.717) is 6.29 Å². The van der Waals surface area contributed by atoms with E-state index >= 15 is 0 Å². The molecule has 1 aliphatic rings. The summed E-state index contributed by atoms with van der Waals surface area (Å²) in [7, 11) is -7.84. The molecule has 1 aliphatic heterocycles. The first-order valence-corrected chi connectivity index (χ1v) is 9.76. The van der Waals surface area contributed by atoms with Crippen LogP contribution in [0.4, 0.5) is 0 Å². The number of ether oxygens (including phenoxy) is 2. The van der Waals surface area contributed by atoms with Crippen LogP contribution in [0.2, 0.25) is 0 Å². The predicted molar refractivity (Wildman–Crippen MR) is 81.3 cm³/mol. The molecule has 9 nitrogen and oxygen atoms in total. The molecule has 1 fully saturated rings. The van der Waals surface area contributed by atoms with Gasteiger partial charge in [0, 0.05) is 7.11 Å². The van der Waals surface area contributed by atoms with E-state index < -0.39 is 54.3 Å². The Hall–Kier alpha value is -1.37. The Bertz CT molecular complexity index is 820. The van der Waals surface area contributed by atoms with Gasteiger partial charge in [0.1, 0.15) is 16.1 Å². The van der Waals surface area contributed by atoms with Gasteiger partial charge in [0.2, 0.25) is 10.0 Å². The molecule has 0 unspecified atom stereocenters. The van der Waals surface area contributed by atoms with Crippen LogP contribution in [0, 0.1) is 5.92 Å². The summed E-state index contributed by atoms with van der Waals surface area (Å²) in [5.41, 5.74) is 0. The molecule has 11 heteroatoms. The van der Waals surface area contributed by atoms with Crippen molar-refractivity contribution in [3.05, 3.63) is 24.3 Å². The maximum atomic E-state index is 12.6. The van der Waals surface area contributed by atoms with Crippen LogP contribution in [0.25, 0.3) is 0 Å². The summed E-state index contributed by atoms with van der Waals surface area (Å²) < 4.78 is 69.7. The van der Waals surface area contributed by atoms with E-state index in [1.807, 2.05) is 0 Å². The van der Waals surface area contributed by atoms with Gasteiger partial charge in [-0.15, -0.1) is 0 Å². The molecule has 24 heavy (non-hydrogen) atoms. The first kappa shape index (κ1) is 19.0. The van der Waals surface area contributed by atoms with Crippen molar-refractivity contribution < 1.29 is 35.7 Å². The molecular formula is C13H17NO8S2. The van der Waals surface area contributed by atoms with Crippen LogP contribution in [0.3, 0.4) is 0 Å². The van der Waals surface area contributed by atoms with Crippen LogP contribution in [-0.2, 0) is 34.4 Å². The summed E-state index contributed by atoms with van der Waals surface area (Å²) in [4.78, 5) is 9.84. The Balaban J connectivity index is 2.44. The fourth-order valence-electron chi connectivity index (χ4n) is 2.52. The van der Waals surface area contributed by atoms with Gasteiger partial charge in [-0.25, -0.2) is 13.1 Å². The highest BCUT2D eigenvalue weighted by Gasteiger charge is 2.45. The Morgan fingerprint density at radius 2 is 1.79 bits per heavy atom. The van der Waals surface area contributed by atoms with Crippen molar-refractivity contribution in [2.24, 2.45) is 5.92 Å². The number of rotatable bonds is 6. The fourth-order valence-corrected chi connectivity index (χ4v) is 5.08. The van der Waals surface area contributed by atoms with Gasteiger partial charge in [0.05, 0.1) is 18.1 Å². The molecule has 2 N–H and O–H groups in total. The topological polar surface area (TPSA) is 136 Å². The minimum absolute atomic E-state index is 0.547. The van der Waals surface area contributed by atoms with E-state index in [9.17, 15) is 26.2 Å². The van der Waals surface area contributed by atoms with Crippen molar-refractivity contribution in [3.63, 3.8) is 0 Å². The van der Waals surface area contributed by atoms with Crippen LogP contribution in [0.5, 0.6) is 0 Å². The van der Waals surface area contributed by atoms with E-state index in [0.717, 1.165) is 12.1 Å². The van der Waals surface area contributed by atoms with Crippen molar-refractivity contribution in [2.75, 3.05) is 7.11 Å². The molecule has 1 aromatic carbocycles. The van der Waals surface area contributed by atoms with E-state index in [1.54, 1.807) is 6.92 Å². The fraction of sp³-hybridized carbons (Fsp3) is 0.462. The molecular weight excluding hydrogens is 362 g/mol. The molecule has 0 spiro atoms. The molecule has 0 radical (unpaired) electrons. The van der Waals surface area contributed by atoms with Gasteiger partial charge in [-0.2, -0.15) is 8.42 Å². The van der Waals surface area contributed by atoms with Gasteiger partial charge in [-0.1, -0.05) is 12.1 Å². The van der Waals surface area contributed by atoms with E-state index in [-0.39, 0.29) is 0 Å². The van der Waals surface area contributed by atoms with Crippen LogP contribution < -0.4 is 4.72 Å². The molecule has 2 rings (SSSR count). The highest BCUT2D eigenvalue weighted by molar-refractivity contribution is 7.91. The number of hydrogen-bond donors (Lipinski definition) is 2. The molecule has 0 bridgehead atoms. The number of carbonyl (C=O) groups excluding carboxylic acids is 1. The second-order valence-corrected chi connectivity index (χ2v) is 8.30. The Labute approximate surface area is 139 Å². The quantitative estimate of drug-likeness (QED) is 0.512. The van der Waals surface area contributed by atoms with Gasteiger partial charge in [0.15, 0.2) is 6.29 Å². The molecule has 4 atom stereocenters. The maximum Gasteiger partial charge on any atom is 0.295 e. The first-order valence-electron chi connectivity index (χ1n) is 6.84. The second kappa shape index (κ2) is 6.86. The van der Waals surface area contributed by atoms with Gasteiger partial charge < -0.3 is 14.3 Å². The number of sulfonamides is 1. The molecule has 1 saturated heterocycles. The average Bonchev–Trinajstić information content (AvgIpc) is 2.80. The lowest BCUT2D eigenvalue weighted by Gasteiger charge is -2.21. The lowest BCUT2D eigenvalue weighted by atomic mass is 10.00. The number of methoxy groups -OCH3 is 1. The monoisotopic (exact) mass is 379 g/mol. The summed E-state index contributed by atoms with van der Waals surface area (Å²) in [5.74, 6) is -0.817. The SMILES string of the molecule is CO[C@H]1O[C@H](C)[C@H](C=O)[C@H]1NS(=O)(=O)c1ccccc1S(=O)(=O)O.